The van der Waals surface area contributed by atoms with Crippen LogP contribution >= 0.6 is 23.3 Å². The summed E-state index contributed by atoms with van der Waals surface area (Å²) < 4.78 is 5.81. The lowest BCUT2D eigenvalue weighted by Gasteiger charge is -2.10. The van der Waals surface area contributed by atoms with Crippen LogP contribution in [0.3, 0.4) is 0 Å². The second-order valence-electron chi connectivity index (χ2n) is 4.33. The maximum Gasteiger partial charge on any atom is 0.209 e. The van der Waals surface area contributed by atoms with Crippen LogP contribution in [0.5, 0.6) is 0 Å². The van der Waals surface area contributed by atoms with Crippen molar-refractivity contribution in [2.24, 2.45) is 5.84 Å². The Morgan fingerprint density at radius 3 is 3.00 bits per heavy atom. The maximum atomic E-state index is 5.40. The molecule has 19 heavy (non-hydrogen) atoms. The Hall–Kier alpha value is -1.26. The van der Waals surface area contributed by atoms with Gasteiger partial charge in [0.2, 0.25) is 5.16 Å². The van der Waals surface area contributed by atoms with Crippen LogP contribution < -0.4 is 11.3 Å². The van der Waals surface area contributed by atoms with Gasteiger partial charge >= 0.3 is 0 Å². The molecule has 3 N–H and O–H groups in total. The first-order chi connectivity index (χ1) is 9.38. The standard InChI is InChI=1S/C9H14N8S2/c10-11-8-7(12-16-19-8)5-18-9-13-14-15-17(9)6-3-1-2-4-6/h6,11H,1-5,10H2. The van der Waals surface area contributed by atoms with Gasteiger partial charge in [-0.1, -0.05) is 29.1 Å². The Balaban J connectivity index is 1.68. The highest BCUT2D eigenvalue weighted by Crippen LogP contribution is 2.32. The molecular weight excluding hydrogens is 284 g/mol. The number of nitrogens with one attached hydrogen (secondary N) is 1. The molecule has 1 saturated carbocycles. The summed E-state index contributed by atoms with van der Waals surface area (Å²) in [7, 11) is 0. The molecule has 0 unspecified atom stereocenters. The molecule has 1 aliphatic carbocycles. The molecule has 0 saturated heterocycles. The van der Waals surface area contributed by atoms with Crippen LogP contribution in [-0.4, -0.2) is 29.8 Å². The quantitative estimate of drug-likeness (QED) is 0.482. The lowest BCUT2D eigenvalue weighted by molar-refractivity contribution is 0.423. The van der Waals surface area contributed by atoms with Crippen molar-refractivity contribution in [2.45, 2.75) is 42.6 Å². The predicted octanol–water partition coefficient (Wildman–Crippen LogP) is 1.22. The van der Waals surface area contributed by atoms with Crippen molar-refractivity contribution < 1.29 is 0 Å². The monoisotopic (exact) mass is 298 g/mol. The highest BCUT2D eigenvalue weighted by Gasteiger charge is 2.22. The molecule has 0 radical (unpaired) electrons. The minimum Gasteiger partial charge on any atom is -0.313 e. The Bertz CT molecular complexity index is 532. The molecule has 0 atom stereocenters. The number of nitrogen functional groups attached to an aromatic ring is 1. The Labute approximate surface area is 118 Å². The normalized spacial score (nSPS) is 16.1. The topological polar surface area (TPSA) is 107 Å². The summed E-state index contributed by atoms with van der Waals surface area (Å²) in [4.78, 5) is 0. The third-order valence-electron chi connectivity index (χ3n) is 3.16. The smallest absolute Gasteiger partial charge is 0.209 e. The number of hydrogen-bond donors (Lipinski definition) is 2. The molecule has 0 bridgehead atoms. The van der Waals surface area contributed by atoms with Gasteiger partial charge in [-0.3, -0.25) is 0 Å². The van der Waals surface area contributed by atoms with E-state index in [2.05, 4.69) is 30.5 Å². The van der Waals surface area contributed by atoms with Gasteiger partial charge in [-0.25, -0.2) is 10.5 Å². The lowest BCUT2D eigenvalue weighted by Crippen LogP contribution is -2.09. The molecule has 2 aromatic rings. The fourth-order valence-electron chi connectivity index (χ4n) is 2.20. The van der Waals surface area contributed by atoms with E-state index in [1.807, 2.05) is 4.68 Å². The molecule has 102 valence electrons. The average molecular weight is 298 g/mol. The first-order valence-corrected chi connectivity index (χ1v) is 7.83. The largest absolute Gasteiger partial charge is 0.313 e. The van der Waals surface area contributed by atoms with Crippen molar-refractivity contribution in [3.05, 3.63) is 5.69 Å². The molecule has 10 heteroatoms. The van der Waals surface area contributed by atoms with Crippen molar-refractivity contribution in [2.75, 3.05) is 5.43 Å². The minimum absolute atomic E-state index is 0.443. The molecule has 1 fully saturated rings. The SMILES string of the molecule is NNc1snnc1CSc1nnnn1C1CCCC1. The number of thioether (sulfide) groups is 1. The van der Waals surface area contributed by atoms with Crippen molar-refractivity contribution in [3.8, 4) is 0 Å². The number of hydrogen-bond acceptors (Lipinski definition) is 9. The highest BCUT2D eigenvalue weighted by atomic mass is 32.2. The number of rotatable bonds is 5. The first-order valence-electron chi connectivity index (χ1n) is 6.07. The molecule has 2 heterocycles. The minimum atomic E-state index is 0.443. The summed E-state index contributed by atoms with van der Waals surface area (Å²) in [6.45, 7) is 0. The van der Waals surface area contributed by atoms with Crippen LogP contribution in [0.15, 0.2) is 5.16 Å². The van der Waals surface area contributed by atoms with E-state index in [1.54, 1.807) is 11.8 Å². The van der Waals surface area contributed by atoms with E-state index in [0.717, 1.165) is 28.7 Å². The summed E-state index contributed by atoms with van der Waals surface area (Å²) in [5, 5.41) is 17.6. The number of hydrazine groups is 1. The average Bonchev–Trinajstić information content (AvgIpc) is 3.16. The van der Waals surface area contributed by atoms with E-state index < -0.39 is 0 Å². The highest BCUT2D eigenvalue weighted by molar-refractivity contribution is 7.98. The molecule has 0 spiro atoms. The van der Waals surface area contributed by atoms with Crippen molar-refractivity contribution in [1.82, 2.24) is 29.8 Å². The number of nitrogens with two attached hydrogens (primary N) is 1. The van der Waals surface area contributed by atoms with E-state index in [9.17, 15) is 0 Å². The van der Waals surface area contributed by atoms with Crippen LogP contribution in [-0.2, 0) is 5.75 Å². The van der Waals surface area contributed by atoms with Crippen LogP contribution in [0.25, 0.3) is 0 Å². The second-order valence-corrected chi connectivity index (χ2v) is 6.02. The molecule has 8 nitrogen and oxygen atoms in total. The summed E-state index contributed by atoms with van der Waals surface area (Å²) in [5.41, 5.74) is 3.43. The summed E-state index contributed by atoms with van der Waals surface area (Å²) in [5.74, 6) is 6.06. The molecule has 0 amide bonds. The van der Waals surface area contributed by atoms with Crippen LogP contribution in [0, 0.1) is 0 Å². The fourth-order valence-corrected chi connectivity index (χ4v) is 3.67. The van der Waals surface area contributed by atoms with Gasteiger partial charge < -0.3 is 5.43 Å². The summed E-state index contributed by atoms with van der Waals surface area (Å²) in [6.07, 6.45) is 4.83. The third kappa shape index (κ3) is 2.69. The maximum absolute atomic E-state index is 5.40. The second kappa shape index (κ2) is 5.80. The number of tetrazole rings is 1. The number of aromatic nitrogens is 6. The van der Waals surface area contributed by atoms with Crippen molar-refractivity contribution in [3.63, 3.8) is 0 Å². The summed E-state index contributed by atoms with van der Waals surface area (Å²) >= 11 is 2.81. The lowest BCUT2D eigenvalue weighted by atomic mass is 10.3. The van der Waals surface area contributed by atoms with E-state index in [4.69, 9.17) is 5.84 Å². The van der Waals surface area contributed by atoms with Crippen LogP contribution in [0.2, 0.25) is 0 Å². The third-order valence-corrected chi connectivity index (χ3v) is 4.80. The molecule has 3 rings (SSSR count). The van der Waals surface area contributed by atoms with Gasteiger partial charge in [-0.15, -0.1) is 10.2 Å². The van der Waals surface area contributed by atoms with Gasteiger partial charge in [0.25, 0.3) is 0 Å². The fraction of sp³-hybridized carbons (Fsp3) is 0.667. The molecule has 2 aromatic heterocycles. The van der Waals surface area contributed by atoms with E-state index in [1.165, 1.54) is 24.4 Å². The molecule has 1 aliphatic rings. The Kier molecular flexibility index (Phi) is 3.89. The van der Waals surface area contributed by atoms with E-state index >= 15 is 0 Å². The van der Waals surface area contributed by atoms with Gasteiger partial charge in [-0.05, 0) is 23.3 Å². The Morgan fingerprint density at radius 2 is 2.21 bits per heavy atom. The van der Waals surface area contributed by atoms with Gasteiger partial charge in [0.1, 0.15) is 10.7 Å². The number of anilines is 1. The zero-order chi connectivity index (χ0) is 13.1. The van der Waals surface area contributed by atoms with E-state index in [-0.39, 0.29) is 0 Å². The van der Waals surface area contributed by atoms with Crippen LogP contribution in [0.1, 0.15) is 37.4 Å². The number of nitrogens with zero attached hydrogens (tertiary/aromatic N) is 6. The zero-order valence-corrected chi connectivity index (χ0v) is 11.8. The molecule has 0 aliphatic heterocycles. The van der Waals surface area contributed by atoms with Crippen LogP contribution in [0.4, 0.5) is 5.00 Å². The van der Waals surface area contributed by atoms with Gasteiger partial charge in [0, 0.05) is 17.3 Å². The predicted molar refractivity (Wildman–Crippen MR) is 72.6 cm³/mol. The first kappa shape index (κ1) is 12.8. The molecule has 0 aromatic carbocycles. The van der Waals surface area contributed by atoms with E-state index in [0.29, 0.717) is 11.8 Å². The van der Waals surface area contributed by atoms with Gasteiger partial charge in [-0.2, -0.15) is 0 Å². The zero-order valence-electron chi connectivity index (χ0n) is 10.2. The molecular formula is C9H14N8S2. The van der Waals surface area contributed by atoms with Crippen molar-refractivity contribution >= 4 is 28.3 Å². The van der Waals surface area contributed by atoms with Gasteiger partial charge in [0.15, 0.2) is 0 Å². The summed E-state index contributed by atoms with van der Waals surface area (Å²) in [6, 6.07) is 0.443. The Morgan fingerprint density at radius 1 is 1.37 bits per heavy atom. The van der Waals surface area contributed by atoms with Crippen molar-refractivity contribution in [1.29, 1.82) is 0 Å². The van der Waals surface area contributed by atoms with Gasteiger partial charge in [0.05, 0.1) is 6.04 Å².